The standard InChI is InChI=1S/C17H19N5O/c1-12(2)11-23-16-8-6-15(7-9-16)22-17(19-20-21-22)13-4-3-5-14(18)10-13/h3-10,12H,11,18H2,1-2H3. The number of aromatic nitrogens is 4. The molecule has 3 rings (SSSR count). The molecular formula is C17H19N5O. The first-order valence-corrected chi connectivity index (χ1v) is 7.51. The van der Waals surface area contributed by atoms with Crippen molar-refractivity contribution in [3.8, 4) is 22.8 Å². The molecule has 3 aromatic rings. The zero-order valence-corrected chi connectivity index (χ0v) is 13.2. The minimum atomic E-state index is 0.490. The number of nitrogens with two attached hydrogens (primary N) is 1. The van der Waals surface area contributed by atoms with E-state index in [-0.39, 0.29) is 0 Å². The fraction of sp³-hybridized carbons (Fsp3) is 0.235. The Morgan fingerprint density at radius 3 is 2.61 bits per heavy atom. The Labute approximate surface area is 134 Å². The van der Waals surface area contributed by atoms with Gasteiger partial charge in [-0.1, -0.05) is 26.0 Å². The number of nitrogen functional groups attached to an aromatic ring is 1. The zero-order chi connectivity index (χ0) is 16.2. The second-order valence-electron chi connectivity index (χ2n) is 5.74. The Hall–Kier alpha value is -2.89. The van der Waals surface area contributed by atoms with E-state index >= 15 is 0 Å². The number of hydrogen-bond acceptors (Lipinski definition) is 5. The topological polar surface area (TPSA) is 78.8 Å². The van der Waals surface area contributed by atoms with Crippen LogP contribution in [0, 0.1) is 5.92 Å². The highest BCUT2D eigenvalue weighted by molar-refractivity contribution is 5.62. The molecule has 0 aliphatic heterocycles. The summed E-state index contributed by atoms with van der Waals surface area (Å²) in [6, 6.07) is 15.2. The first kappa shape index (κ1) is 15.0. The monoisotopic (exact) mass is 309 g/mol. The first-order chi connectivity index (χ1) is 11.1. The van der Waals surface area contributed by atoms with Crippen LogP contribution in [0.2, 0.25) is 0 Å². The maximum atomic E-state index is 5.84. The van der Waals surface area contributed by atoms with Crippen molar-refractivity contribution in [1.82, 2.24) is 20.2 Å². The number of anilines is 1. The molecule has 0 amide bonds. The van der Waals surface area contributed by atoms with Gasteiger partial charge >= 0.3 is 0 Å². The van der Waals surface area contributed by atoms with Crippen LogP contribution in [0.3, 0.4) is 0 Å². The van der Waals surface area contributed by atoms with Crippen LogP contribution >= 0.6 is 0 Å². The molecule has 6 heteroatoms. The number of ether oxygens (including phenoxy) is 1. The molecule has 118 valence electrons. The van der Waals surface area contributed by atoms with Crippen LogP contribution in [-0.4, -0.2) is 26.8 Å². The minimum Gasteiger partial charge on any atom is -0.493 e. The van der Waals surface area contributed by atoms with Crippen molar-refractivity contribution in [3.05, 3.63) is 48.5 Å². The number of rotatable bonds is 5. The highest BCUT2D eigenvalue weighted by Crippen LogP contribution is 2.22. The molecule has 6 nitrogen and oxygen atoms in total. The van der Waals surface area contributed by atoms with Crippen molar-refractivity contribution in [3.63, 3.8) is 0 Å². The van der Waals surface area contributed by atoms with Gasteiger partial charge in [-0.25, -0.2) is 0 Å². The maximum absolute atomic E-state index is 5.84. The third-order valence-electron chi connectivity index (χ3n) is 3.28. The van der Waals surface area contributed by atoms with E-state index in [1.807, 2.05) is 48.5 Å². The highest BCUT2D eigenvalue weighted by Gasteiger charge is 2.11. The normalized spacial score (nSPS) is 10.9. The van der Waals surface area contributed by atoms with Crippen LogP contribution in [0.25, 0.3) is 17.1 Å². The minimum absolute atomic E-state index is 0.490. The van der Waals surface area contributed by atoms with Crippen LogP contribution < -0.4 is 10.5 Å². The summed E-state index contributed by atoms with van der Waals surface area (Å²) >= 11 is 0. The molecule has 0 spiro atoms. The lowest BCUT2D eigenvalue weighted by molar-refractivity contribution is 0.271. The lowest BCUT2D eigenvalue weighted by Crippen LogP contribution is -2.05. The molecule has 0 radical (unpaired) electrons. The zero-order valence-electron chi connectivity index (χ0n) is 13.2. The van der Waals surface area contributed by atoms with Crippen molar-refractivity contribution < 1.29 is 4.74 Å². The predicted molar refractivity (Wildman–Crippen MR) is 89.3 cm³/mol. The van der Waals surface area contributed by atoms with Gasteiger partial charge in [0.15, 0.2) is 5.82 Å². The Bertz CT molecular complexity index is 780. The van der Waals surface area contributed by atoms with Crippen molar-refractivity contribution in [1.29, 1.82) is 0 Å². The summed E-state index contributed by atoms with van der Waals surface area (Å²) in [6.07, 6.45) is 0. The summed E-state index contributed by atoms with van der Waals surface area (Å²) in [6.45, 7) is 4.93. The van der Waals surface area contributed by atoms with Crippen molar-refractivity contribution >= 4 is 5.69 Å². The molecular weight excluding hydrogens is 290 g/mol. The quantitative estimate of drug-likeness (QED) is 0.733. The molecule has 0 unspecified atom stereocenters. The van der Waals surface area contributed by atoms with Gasteiger partial charge in [0, 0.05) is 11.3 Å². The molecule has 0 saturated carbocycles. The first-order valence-electron chi connectivity index (χ1n) is 7.51. The number of hydrogen-bond donors (Lipinski definition) is 1. The van der Waals surface area contributed by atoms with E-state index in [1.165, 1.54) is 0 Å². The smallest absolute Gasteiger partial charge is 0.187 e. The van der Waals surface area contributed by atoms with Crippen molar-refractivity contribution in [2.75, 3.05) is 12.3 Å². The SMILES string of the molecule is CC(C)COc1ccc(-n2nnnc2-c2cccc(N)c2)cc1. The van der Waals surface area contributed by atoms with E-state index < -0.39 is 0 Å². The summed E-state index contributed by atoms with van der Waals surface area (Å²) in [7, 11) is 0. The molecule has 0 aliphatic rings. The van der Waals surface area contributed by atoms with E-state index in [4.69, 9.17) is 10.5 Å². The predicted octanol–water partition coefficient (Wildman–Crippen LogP) is 2.95. The van der Waals surface area contributed by atoms with Gasteiger partial charge < -0.3 is 10.5 Å². The van der Waals surface area contributed by atoms with E-state index in [1.54, 1.807) is 4.68 Å². The third kappa shape index (κ3) is 3.48. The Morgan fingerprint density at radius 2 is 1.91 bits per heavy atom. The molecule has 1 heterocycles. The molecule has 0 fully saturated rings. The van der Waals surface area contributed by atoms with Gasteiger partial charge in [-0.3, -0.25) is 0 Å². The number of tetrazole rings is 1. The Kier molecular flexibility index (Phi) is 4.23. The van der Waals surface area contributed by atoms with E-state index in [9.17, 15) is 0 Å². The fourth-order valence-electron chi connectivity index (χ4n) is 2.17. The lowest BCUT2D eigenvalue weighted by atomic mass is 10.2. The summed E-state index contributed by atoms with van der Waals surface area (Å²) in [4.78, 5) is 0. The van der Waals surface area contributed by atoms with Crippen LogP contribution in [0.4, 0.5) is 5.69 Å². The van der Waals surface area contributed by atoms with Crippen molar-refractivity contribution in [2.45, 2.75) is 13.8 Å². The van der Waals surface area contributed by atoms with E-state index in [0.29, 0.717) is 24.0 Å². The largest absolute Gasteiger partial charge is 0.493 e. The van der Waals surface area contributed by atoms with Gasteiger partial charge in [-0.05, 0) is 52.7 Å². The molecule has 0 saturated heterocycles. The average Bonchev–Trinajstić information content (AvgIpc) is 3.03. The van der Waals surface area contributed by atoms with E-state index in [2.05, 4.69) is 29.4 Å². The van der Waals surface area contributed by atoms with Crippen LogP contribution in [0.15, 0.2) is 48.5 Å². The molecule has 2 aromatic carbocycles. The summed E-state index contributed by atoms with van der Waals surface area (Å²) < 4.78 is 7.37. The van der Waals surface area contributed by atoms with Gasteiger partial charge in [0.05, 0.1) is 12.3 Å². The Morgan fingerprint density at radius 1 is 1.13 bits per heavy atom. The van der Waals surface area contributed by atoms with Crippen LogP contribution in [-0.2, 0) is 0 Å². The third-order valence-corrected chi connectivity index (χ3v) is 3.28. The summed E-state index contributed by atoms with van der Waals surface area (Å²) in [5.74, 6) is 1.97. The van der Waals surface area contributed by atoms with Gasteiger partial charge in [0.2, 0.25) is 0 Å². The second kappa shape index (κ2) is 6.48. The fourth-order valence-corrected chi connectivity index (χ4v) is 2.17. The van der Waals surface area contributed by atoms with Gasteiger partial charge in [0.25, 0.3) is 0 Å². The molecule has 0 atom stereocenters. The van der Waals surface area contributed by atoms with Gasteiger partial charge in [-0.15, -0.1) is 5.10 Å². The second-order valence-corrected chi connectivity index (χ2v) is 5.74. The van der Waals surface area contributed by atoms with Crippen LogP contribution in [0.1, 0.15) is 13.8 Å². The molecule has 1 aromatic heterocycles. The maximum Gasteiger partial charge on any atom is 0.187 e. The lowest BCUT2D eigenvalue weighted by Gasteiger charge is -2.10. The van der Waals surface area contributed by atoms with E-state index in [0.717, 1.165) is 17.0 Å². The number of nitrogens with zero attached hydrogens (tertiary/aromatic N) is 4. The Balaban J connectivity index is 1.87. The molecule has 23 heavy (non-hydrogen) atoms. The van der Waals surface area contributed by atoms with Gasteiger partial charge in [-0.2, -0.15) is 4.68 Å². The molecule has 0 aliphatic carbocycles. The average molecular weight is 309 g/mol. The van der Waals surface area contributed by atoms with Crippen LogP contribution in [0.5, 0.6) is 5.75 Å². The highest BCUT2D eigenvalue weighted by atomic mass is 16.5. The summed E-state index contributed by atoms with van der Waals surface area (Å²) in [5, 5.41) is 11.9. The number of benzene rings is 2. The van der Waals surface area contributed by atoms with Crippen molar-refractivity contribution in [2.24, 2.45) is 5.92 Å². The molecule has 0 bridgehead atoms. The molecule has 2 N–H and O–H groups in total. The summed E-state index contributed by atoms with van der Waals surface area (Å²) in [5.41, 5.74) is 8.25. The van der Waals surface area contributed by atoms with Gasteiger partial charge in [0.1, 0.15) is 5.75 Å².